The molecule has 0 saturated carbocycles. The Morgan fingerprint density at radius 1 is 0.303 bits per heavy atom. The van der Waals surface area contributed by atoms with Gasteiger partial charge in [-0.15, -0.1) is 8.58 Å². The van der Waals surface area contributed by atoms with Crippen molar-refractivity contribution >= 4 is 8.58 Å². The normalized spacial score (nSPS) is 12.7. The molecule has 0 heterocycles. The molecule has 0 aliphatic rings. The standard InChI is InChI=1S/C62H127O2P.V/c1-4-6-8-10-12-14-16-18-19-20-26-29-33-37-41-45-49-53-57-65-58-54-50-46-42-38-34-30-27-24-22-21-23-25-28-32-36-40-44-48-52-56-61(59-62(63)60-64-3)55-51-47-43-39-35-31-17-15-13-11-9-7-5-2;/h61-63,65H,4-60H2,1-3H3;. The zero-order chi connectivity index (χ0) is 46.9. The molecule has 397 valence electrons. The molecule has 3 atom stereocenters. The maximum absolute atomic E-state index is 10.4. The van der Waals surface area contributed by atoms with Gasteiger partial charge in [0.1, 0.15) is 0 Å². The summed E-state index contributed by atoms with van der Waals surface area (Å²) in [5.41, 5.74) is 0. The summed E-state index contributed by atoms with van der Waals surface area (Å²) in [5.74, 6) is 0.681. The number of unbranched alkanes of at least 4 members (excludes halogenated alkanes) is 48. The van der Waals surface area contributed by atoms with Crippen LogP contribution in [-0.2, 0) is 23.3 Å². The van der Waals surface area contributed by atoms with Crippen LogP contribution in [0.5, 0.6) is 0 Å². The van der Waals surface area contributed by atoms with Crippen LogP contribution in [-0.4, -0.2) is 37.3 Å². The molecule has 3 unspecified atom stereocenters. The molecule has 0 aromatic heterocycles. The van der Waals surface area contributed by atoms with Gasteiger partial charge < -0.3 is 9.84 Å². The summed E-state index contributed by atoms with van der Waals surface area (Å²) in [4.78, 5) is 0. The van der Waals surface area contributed by atoms with Crippen LogP contribution < -0.4 is 0 Å². The molecule has 0 aliphatic carbocycles. The molecular formula is C62H127O2PV. The quantitative estimate of drug-likeness (QED) is 0.0486. The summed E-state index contributed by atoms with van der Waals surface area (Å²) < 4.78 is 5.26. The van der Waals surface area contributed by atoms with E-state index in [1.54, 1.807) is 7.11 Å². The number of rotatable bonds is 60. The zero-order valence-corrected chi connectivity index (χ0v) is 48.7. The van der Waals surface area contributed by atoms with E-state index in [0.717, 1.165) is 6.42 Å². The van der Waals surface area contributed by atoms with Gasteiger partial charge in [0.15, 0.2) is 0 Å². The summed E-state index contributed by atoms with van der Waals surface area (Å²) in [7, 11) is 2.96. The molecule has 0 spiro atoms. The van der Waals surface area contributed by atoms with Gasteiger partial charge in [0.25, 0.3) is 0 Å². The van der Waals surface area contributed by atoms with Gasteiger partial charge >= 0.3 is 0 Å². The third kappa shape index (κ3) is 61.1. The Morgan fingerprint density at radius 2 is 0.500 bits per heavy atom. The molecule has 4 heteroatoms. The molecule has 0 rings (SSSR count). The van der Waals surface area contributed by atoms with Gasteiger partial charge in [-0.05, 0) is 37.5 Å². The number of ether oxygens (including phenoxy) is 1. The van der Waals surface area contributed by atoms with Crippen LogP contribution in [0.15, 0.2) is 0 Å². The van der Waals surface area contributed by atoms with E-state index in [4.69, 9.17) is 4.74 Å². The maximum atomic E-state index is 10.4. The van der Waals surface area contributed by atoms with E-state index in [2.05, 4.69) is 13.8 Å². The van der Waals surface area contributed by atoms with Gasteiger partial charge in [-0.3, -0.25) is 0 Å². The number of hydrogen-bond acceptors (Lipinski definition) is 2. The monoisotopic (exact) mass is 986 g/mol. The molecule has 0 aromatic carbocycles. The average Bonchev–Trinajstić information content (AvgIpc) is 3.31. The average molecular weight is 987 g/mol. The fraction of sp³-hybridized carbons (Fsp3) is 1.00. The van der Waals surface area contributed by atoms with E-state index in [9.17, 15) is 5.11 Å². The molecule has 1 radical (unpaired) electrons. The first-order valence-electron chi connectivity index (χ1n) is 31.1. The van der Waals surface area contributed by atoms with Crippen LogP contribution in [0.3, 0.4) is 0 Å². The Bertz CT molecular complexity index is 811. The van der Waals surface area contributed by atoms with Crippen molar-refractivity contribution in [1.82, 2.24) is 0 Å². The first kappa shape index (κ1) is 69.0. The van der Waals surface area contributed by atoms with E-state index in [-0.39, 0.29) is 24.7 Å². The van der Waals surface area contributed by atoms with Crippen molar-refractivity contribution in [1.29, 1.82) is 0 Å². The number of hydrogen-bond donors (Lipinski definition) is 1. The third-order valence-corrected chi connectivity index (χ3v) is 16.5. The summed E-state index contributed by atoms with van der Waals surface area (Å²) in [6.07, 6.45) is 80.6. The number of methoxy groups -OCH3 is 1. The molecule has 66 heavy (non-hydrogen) atoms. The van der Waals surface area contributed by atoms with Gasteiger partial charge in [-0.1, -0.05) is 341 Å². The Hall–Kier alpha value is 0.934. The summed E-state index contributed by atoms with van der Waals surface area (Å²) in [6.45, 7) is 5.11. The minimum absolute atomic E-state index is 0. The number of aliphatic hydroxyl groups excluding tert-OH is 1. The van der Waals surface area contributed by atoms with E-state index in [0.29, 0.717) is 12.5 Å². The van der Waals surface area contributed by atoms with Crippen LogP contribution in [0.4, 0.5) is 0 Å². The molecular weight excluding hydrogens is 859 g/mol. The van der Waals surface area contributed by atoms with Crippen LogP contribution in [0, 0.1) is 5.92 Å². The zero-order valence-electron chi connectivity index (χ0n) is 46.3. The van der Waals surface area contributed by atoms with Crippen molar-refractivity contribution in [2.75, 3.05) is 26.0 Å². The molecule has 0 saturated heterocycles. The van der Waals surface area contributed by atoms with E-state index in [1.807, 2.05) is 0 Å². The first-order valence-corrected chi connectivity index (χ1v) is 32.5. The van der Waals surface area contributed by atoms with Gasteiger partial charge in [-0.25, -0.2) is 0 Å². The summed E-state index contributed by atoms with van der Waals surface area (Å²) in [6, 6.07) is 0. The predicted molar refractivity (Wildman–Crippen MR) is 300 cm³/mol. The third-order valence-electron chi connectivity index (χ3n) is 15.1. The van der Waals surface area contributed by atoms with Crippen molar-refractivity contribution in [3.8, 4) is 0 Å². The first-order chi connectivity index (χ1) is 32.2. The number of aliphatic hydroxyl groups is 1. The van der Waals surface area contributed by atoms with E-state index in [1.165, 1.54) is 361 Å². The van der Waals surface area contributed by atoms with Crippen LogP contribution >= 0.6 is 8.58 Å². The van der Waals surface area contributed by atoms with E-state index >= 15 is 0 Å². The molecule has 0 aromatic rings. The van der Waals surface area contributed by atoms with Crippen molar-refractivity contribution in [3.05, 3.63) is 0 Å². The fourth-order valence-corrected chi connectivity index (χ4v) is 11.9. The Labute approximate surface area is 433 Å². The molecule has 0 aliphatic heterocycles. The van der Waals surface area contributed by atoms with Crippen LogP contribution in [0.1, 0.15) is 361 Å². The topological polar surface area (TPSA) is 29.5 Å². The van der Waals surface area contributed by atoms with Crippen LogP contribution in [0.25, 0.3) is 0 Å². The second kappa shape index (κ2) is 63.9. The second-order valence-corrected chi connectivity index (χ2v) is 23.4. The van der Waals surface area contributed by atoms with Gasteiger partial charge in [0.05, 0.1) is 12.7 Å². The van der Waals surface area contributed by atoms with Gasteiger partial charge in [0, 0.05) is 25.7 Å². The van der Waals surface area contributed by atoms with E-state index < -0.39 is 0 Å². The summed E-state index contributed by atoms with van der Waals surface area (Å²) in [5, 5.41) is 10.4. The molecule has 0 fully saturated rings. The second-order valence-electron chi connectivity index (χ2n) is 21.9. The molecule has 0 amide bonds. The van der Waals surface area contributed by atoms with Crippen molar-refractivity contribution < 1.29 is 28.4 Å². The predicted octanol–water partition coefficient (Wildman–Crippen LogP) is 22.4. The maximum Gasteiger partial charge on any atom is 0.0776 e. The smallest absolute Gasteiger partial charge is 0.0776 e. The van der Waals surface area contributed by atoms with Crippen molar-refractivity contribution in [2.45, 2.75) is 367 Å². The summed E-state index contributed by atoms with van der Waals surface area (Å²) >= 11 is 0. The van der Waals surface area contributed by atoms with Gasteiger partial charge in [-0.2, -0.15) is 0 Å². The minimum atomic E-state index is -0.283. The Balaban J connectivity index is 0. The molecule has 2 nitrogen and oxygen atoms in total. The van der Waals surface area contributed by atoms with Gasteiger partial charge in [0.2, 0.25) is 0 Å². The molecule has 0 bridgehead atoms. The Morgan fingerprint density at radius 3 is 0.712 bits per heavy atom. The largest absolute Gasteiger partial charge is 0.391 e. The fourth-order valence-electron chi connectivity index (χ4n) is 10.6. The minimum Gasteiger partial charge on any atom is -0.391 e. The SMILES string of the molecule is CCCCCCCCCCCCCCCCCCCCPCCCCCCCCCCCCCCCCCCCCCCC(CCCCCCCCCCCCCCC)CC(O)COC.[V]. The van der Waals surface area contributed by atoms with Crippen molar-refractivity contribution in [3.63, 3.8) is 0 Å². The molecule has 1 N–H and O–H groups in total. The van der Waals surface area contributed by atoms with Crippen LogP contribution in [0.2, 0.25) is 0 Å². The Kier molecular flexibility index (Phi) is 66.9. The van der Waals surface area contributed by atoms with Crippen molar-refractivity contribution in [2.24, 2.45) is 5.92 Å².